The maximum absolute atomic E-state index is 9.58. The Morgan fingerprint density at radius 3 is 2.42 bits per heavy atom. The monoisotopic (exact) mass is 283 g/mol. The predicted octanol–water partition coefficient (Wildman–Crippen LogP) is 2.67. The molecule has 0 aliphatic heterocycles. The maximum atomic E-state index is 9.58. The highest BCUT2D eigenvalue weighted by Crippen LogP contribution is 2.19. The molecule has 0 amide bonds. The zero-order valence-electron chi connectivity index (χ0n) is 12.3. The van der Waals surface area contributed by atoms with E-state index in [1.54, 1.807) is 18.9 Å². The molecule has 0 heterocycles. The van der Waals surface area contributed by atoms with Crippen LogP contribution in [0.5, 0.6) is 0 Å². The van der Waals surface area contributed by atoms with Crippen LogP contribution in [0.3, 0.4) is 0 Å². The molecule has 19 heavy (non-hydrogen) atoms. The van der Waals surface area contributed by atoms with Crippen LogP contribution in [0.15, 0.2) is 29.2 Å². The van der Waals surface area contributed by atoms with Gasteiger partial charge in [-0.1, -0.05) is 12.1 Å². The molecule has 0 fully saturated rings. The quantitative estimate of drug-likeness (QED) is 0.755. The first-order chi connectivity index (χ1) is 8.90. The molecule has 0 aliphatic carbocycles. The summed E-state index contributed by atoms with van der Waals surface area (Å²) in [4.78, 5) is 1.18. The average molecular weight is 283 g/mol. The number of thioether (sulfide) groups is 1. The Kier molecular flexibility index (Phi) is 6.86. The fraction of sp³-hybridized carbons (Fsp3) is 0.600. The molecule has 1 aromatic rings. The number of hydrogen-bond acceptors (Lipinski definition) is 4. The molecule has 0 saturated carbocycles. The summed E-state index contributed by atoms with van der Waals surface area (Å²) in [5, 5.41) is 13.0. The summed E-state index contributed by atoms with van der Waals surface area (Å²) < 4.78 is 4.90. The van der Waals surface area contributed by atoms with Crippen LogP contribution in [0.25, 0.3) is 0 Å². The summed E-state index contributed by atoms with van der Waals surface area (Å²) >= 11 is 1.65. The number of hydrogen-bond donors (Lipinski definition) is 2. The van der Waals surface area contributed by atoms with Crippen molar-refractivity contribution in [2.24, 2.45) is 0 Å². The minimum atomic E-state index is -0.405. The summed E-state index contributed by atoms with van der Waals surface area (Å²) in [6.45, 7) is 7.75. The van der Waals surface area contributed by atoms with Gasteiger partial charge in [0.2, 0.25) is 0 Å². The van der Waals surface area contributed by atoms with E-state index in [0.29, 0.717) is 12.4 Å². The van der Waals surface area contributed by atoms with Gasteiger partial charge in [0.15, 0.2) is 0 Å². The molecule has 1 atom stereocenters. The topological polar surface area (TPSA) is 41.5 Å². The average Bonchev–Trinajstić information content (AvgIpc) is 2.34. The van der Waals surface area contributed by atoms with Crippen molar-refractivity contribution in [3.8, 4) is 0 Å². The van der Waals surface area contributed by atoms with Gasteiger partial charge >= 0.3 is 0 Å². The van der Waals surface area contributed by atoms with Crippen LogP contribution >= 0.6 is 11.8 Å². The van der Waals surface area contributed by atoms with Gasteiger partial charge in [-0.15, -0.1) is 11.8 Å². The van der Waals surface area contributed by atoms with Gasteiger partial charge in [0.1, 0.15) is 0 Å². The lowest BCUT2D eigenvalue weighted by atomic mass is 10.1. The van der Waals surface area contributed by atoms with Crippen molar-refractivity contribution in [3.05, 3.63) is 29.8 Å². The van der Waals surface area contributed by atoms with Crippen LogP contribution in [0.2, 0.25) is 0 Å². The van der Waals surface area contributed by atoms with Crippen molar-refractivity contribution in [2.45, 2.75) is 43.9 Å². The van der Waals surface area contributed by atoms with E-state index in [2.05, 4.69) is 50.4 Å². The molecule has 3 nitrogen and oxygen atoms in total. The van der Waals surface area contributed by atoms with Crippen molar-refractivity contribution < 1.29 is 9.84 Å². The van der Waals surface area contributed by atoms with Crippen molar-refractivity contribution in [1.29, 1.82) is 0 Å². The van der Waals surface area contributed by atoms with Gasteiger partial charge in [0, 0.05) is 29.8 Å². The van der Waals surface area contributed by atoms with Crippen LogP contribution < -0.4 is 5.32 Å². The van der Waals surface area contributed by atoms with Gasteiger partial charge in [0.05, 0.1) is 12.7 Å². The lowest BCUT2D eigenvalue weighted by Crippen LogP contribution is -2.35. The highest BCUT2D eigenvalue weighted by Gasteiger charge is 2.08. The summed E-state index contributed by atoms with van der Waals surface area (Å²) in [5.41, 5.74) is 1.41. The number of benzene rings is 1. The zero-order chi connectivity index (χ0) is 14.3. The zero-order valence-corrected chi connectivity index (χ0v) is 13.1. The lowest BCUT2D eigenvalue weighted by molar-refractivity contribution is 0.0794. The molecule has 4 heteroatoms. The second-order valence-corrected chi connectivity index (χ2v) is 6.76. The second-order valence-electron chi connectivity index (χ2n) is 5.67. The smallest absolute Gasteiger partial charge is 0.0867 e. The number of nitrogens with one attached hydrogen (secondary N) is 1. The minimum Gasteiger partial charge on any atom is -0.390 e. The van der Waals surface area contributed by atoms with Gasteiger partial charge in [-0.25, -0.2) is 0 Å². The summed E-state index contributed by atoms with van der Waals surface area (Å²) in [5.74, 6) is 0.660. The van der Waals surface area contributed by atoms with E-state index < -0.39 is 6.10 Å². The molecule has 1 unspecified atom stereocenters. The van der Waals surface area contributed by atoms with Crippen LogP contribution in [0, 0.1) is 0 Å². The van der Waals surface area contributed by atoms with Crippen molar-refractivity contribution in [1.82, 2.24) is 5.32 Å². The largest absolute Gasteiger partial charge is 0.390 e. The van der Waals surface area contributed by atoms with E-state index in [1.165, 1.54) is 10.5 Å². The molecule has 0 aromatic heterocycles. The molecule has 2 N–H and O–H groups in total. The third kappa shape index (κ3) is 7.57. The van der Waals surface area contributed by atoms with E-state index in [4.69, 9.17) is 4.74 Å². The Hall–Kier alpha value is -0.550. The maximum Gasteiger partial charge on any atom is 0.0867 e. The van der Waals surface area contributed by atoms with Crippen molar-refractivity contribution in [2.75, 3.05) is 19.5 Å². The fourth-order valence-corrected chi connectivity index (χ4v) is 2.31. The second kappa shape index (κ2) is 7.90. The number of aliphatic hydroxyl groups excluding tert-OH is 1. The Labute approximate surface area is 120 Å². The first-order valence-corrected chi connectivity index (χ1v) is 7.53. The van der Waals surface area contributed by atoms with E-state index in [1.807, 2.05) is 0 Å². The van der Waals surface area contributed by atoms with Crippen molar-refractivity contribution >= 4 is 11.8 Å². The lowest BCUT2D eigenvalue weighted by Gasteiger charge is -2.20. The summed E-state index contributed by atoms with van der Waals surface area (Å²) in [6.07, 6.45) is -0.405. The Morgan fingerprint density at radius 2 is 1.89 bits per heavy atom. The molecule has 0 spiro atoms. The minimum absolute atomic E-state index is 0.137. The van der Waals surface area contributed by atoms with Crippen LogP contribution in [0.1, 0.15) is 26.3 Å². The summed E-state index contributed by atoms with van der Waals surface area (Å²) in [6, 6.07) is 8.46. The number of methoxy groups -OCH3 is 1. The molecule has 0 saturated heterocycles. The molecule has 0 bridgehead atoms. The molecule has 0 aliphatic rings. The standard InChI is InChI=1S/C15H25NO2S/c1-15(2,3)16-9-12-5-7-14(8-6-12)19-11-13(17)10-18-4/h5-8,13,16-17H,9-11H2,1-4H3. The normalized spacial score (nSPS) is 13.5. The highest BCUT2D eigenvalue weighted by atomic mass is 32.2. The predicted molar refractivity (Wildman–Crippen MR) is 81.6 cm³/mol. The molecule has 1 aromatic carbocycles. The molecular weight excluding hydrogens is 258 g/mol. The van der Waals surface area contributed by atoms with E-state index in [-0.39, 0.29) is 5.54 Å². The molecule has 1 rings (SSSR count). The fourth-order valence-electron chi connectivity index (χ4n) is 1.50. The number of aliphatic hydroxyl groups is 1. The summed E-state index contributed by atoms with van der Waals surface area (Å²) in [7, 11) is 1.60. The van der Waals surface area contributed by atoms with Gasteiger partial charge in [-0.05, 0) is 38.5 Å². The van der Waals surface area contributed by atoms with Gasteiger partial charge in [-0.2, -0.15) is 0 Å². The van der Waals surface area contributed by atoms with E-state index in [0.717, 1.165) is 6.54 Å². The van der Waals surface area contributed by atoms with Crippen LogP contribution in [-0.4, -0.2) is 36.2 Å². The Morgan fingerprint density at radius 1 is 1.26 bits per heavy atom. The van der Waals surface area contributed by atoms with Gasteiger partial charge in [0.25, 0.3) is 0 Å². The molecule has 0 radical (unpaired) electrons. The molecule has 108 valence electrons. The van der Waals surface area contributed by atoms with Crippen LogP contribution in [0.4, 0.5) is 0 Å². The van der Waals surface area contributed by atoms with E-state index >= 15 is 0 Å². The first-order valence-electron chi connectivity index (χ1n) is 6.54. The van der Waals surface area contributed by atoms with Crippen LogP contribution in [-0.2, 0) is 11.3 Å². The van der Waals surface area contributed by atoms with Gasteiger partial charge in [-0.3, -0.25) is 0 Å². The Balaban J connectivity index is 2.39. The number of ether oxygens (including phenoxy) is 1. The van der Waals surface area contributed by atoms with Gasteiger partial charge < -0.3 is 15.2 Å². The highest BCUT2D eigenvalue weighted by molar-refractivity contribution is 7.99. The number of rotatable bonds is 7. The third-order valence-corrected chi connectivity index (χ3v) is 3.70. The van der Waals surface area contributed by atoms with Crippen molar-refractivity contribution in [3.63, 3.8) is 0 Å². The third-order valence-electron chi connectivity index (χ3n) is 2.55. The Bertz CT molecular complexity index is 359. The SMILES string of the molecule is COCC(O)CSc1ccc(CNC(C)(C)C)cc1. The molecular formula is C15H25NO2S. The first kappa shape index (κ1) is 16.5. The van der Waals surface area contributed by atoms with E-state index in [9.17, 15) is 5.11 Å².